The average molecular weight is 320 g/mol. The monoisotopic (exact) mass is 320 g/mol. The first-order valence-electron chi connectivity index (χ1n) is 7.29. The molecule has 3 aromatic rings. The number of hydrogen-bond acceptors (Lipinski definition) is 1. The summed E-state index contributed by atoms with van der Waals surface area (Å²) in [5.74, 6) is 0.896. The first-order valence-corrected chi connectivity index (χ1v) is 7.87. The van der Waals surface area contributed by atoms with Gasteiger partial charge in [0.15, 0.2) is 0 Å². The lowest BCUT2D eigenvalue weighted by Crippen LogP contribution is -1.97. The minimum atomic E-state index is 0. The quantitative estimate of drug-likeness (QED) is 0.529. The first kappa shape index (κ1) is 17.3. The van der Waals surface area contributed by atoms with Crippen LogP contribution in [-0.2, 0) is 0 Å². The summed E-state index contributed by atoms with van der Waals surface area (Å²) < 4.78 is 5.53. The van der Waals surface area contributed by atoms with Gasteiger partial charge in [0.05, 0.1) is 15.5 Å². The van der Waals surface area contributed by atoms with E-state index < -0.39 is 0 Å². The van der Waals surface area contributed by atoms with E-state index >= 15 is 0 Å². The van der Waals surface area contributed by atoms with Crippen molar-refractivity contribution in [1.82, 2.24) is 0 Å². The Morgan fingerprint density at radius 3 is 2.04 bits per heavy atom. The van der Waals surface area contributed by atoms with Gasteiger partial charge in [-0.1, -0.05) is 54.6 Å². The van der Waals surface area contributed by atoms with Crippen LogP contribution in [0.4, 0.5) is 0 Å². The van der Waals surface area contributed by atoms with Crippen molar-refractivity contribution in [2.24, 2.45) is 0 Å². The standard InChI is InChI=1S/C20H19OP.BH3/c1-14-11-12-15(13-20(14)22)16-7-3-4-8-17(16)18-9-5-6-10-19(18)21-2;/h3-13H,22H2,1-2H3;1H3. The molecule has 0 aromatic heterocycles. The summed E-state index contributed by atoms with van der Waals surface area (Å²) in [6.07, 6.45) is 0. The Bertz CT molecular complexity index is 814. The topological polar surface area (TPSA) is 9.23 Å². The van der Waals surface area contributed by atoms with Gasteiger partial charge in [-0.2, -0.15) is 0 Å². The molecule has 0 radical (unpaired) electrons. The highest BCUT2D eigenvalue weighted by Crippen LogP contribution is 2.36. The Morgan fingerprint density at radius 2 is 1.39 bits per heavy atom. The Hall–Kier alpha value is -2.05. The fourth-order valence-electron chi connectivity index (χ4n) is 2.64. The Balaban J connectivity index is 0.00000192. The van der Waals surface area contributed by atoms with Gasteiger partial charge in [0.2, 0.25) is 0 Å². The van der Waals surface area contributed by atoms with E-state index in [0.29, 0.717) is 0 Å². The van der Waals surface area contributed by atoms with Gasteiger partial charge >= 0.3 is 0 Å². The van der Waals surface area contributed by atoms with Crippen molar-refractivity contribution in [2.45, 2.75) is 6.92 Å². The largest absolute Gasteiger partial charge is 0.496 e. The van der Waals surface area contributed by atoms with E-state index in [1.54, 1.807) is 7.11 Å². The molecule has 0 bridgehead atoms. The van der Waals surface area contributed by atoms with Gasteiger partial charge in [-0.05, 0) is 46.6 Å². The fraction of sp³-hybridized carbons (Fsp3) is 0.100. The highest BCUT2D eigenvalue weighted by atomic mass is 31.0. The molecule has 3 heteroatoms. The second kappa shape index (κ2) is 7.48. The lowest BCUT2D eigenvalue weighted by molar-refractivity contribution is 0.416. The molecule has 0 aliphatic heterocycles. The van der Waals surface area contributed by atoms with E-state index in [9.17, 15) is 0 Å². The van der Waals surface area contributed by atoms with E-state index in [2.05, 4.69) is 64.7 Å². The van der Waals surface area contributed by atoms with Crippen molar-refractivity contribution in [2.75, 3.05) is 7.11 Å². The molecule has 0 aliphatic rings. The van der Waals surface area contributed by atoms with Crippen molar-refractivity contribution < 1.29 is 4.74 Å². The van der Waals surface area contributed by atoms with Gasteiger partial charge in [-0.3, -0.25) is 0 Å². The lowest BCUT2D eigenvalue weighted by Gasteiger charge is -2.14. The second-order valence-corrected chi connectivity index (χ2v) is 5.94. The molecule has 1 atom stereocenters. The molecule has 0 N–H and O–H groups in total. The molecule has 0 spiro atoms. The number of benzene rings is 3. The average Bonchev–Trinajstić information content (AvgIpc) is 2.57. The van der Waals surface area contributed by atoms with E-state index in [-0.39, 0.29) is 8.41 Å². The Labute approximate surface area is 142 Å². The minimum absolute atomic E-state index is 0. The maximum absolute atomic E-state index is 5.53. The maximum atomic E-state index is 5.53. The number of para-hydroxylation sites is 1. The van der Waals surface area contributed by atoms with Crippen molar-refractivity contribution in [1.29, 1.82) is 0 Å². The van der Waals surface area contributed by atoms with Gasteiger partial charge in [0.25, 0.3) is 0 Å². The van der Waals surface area contributed by atoms with Gasteiger partial charge in [-0.25, -0.2) is 0 Å². The molecular weight excluding hydrogens is 298 g/mol. The highest BCUT2D eigenvalue weighted by Gasteiger charge is 2.11. The molecule has 0 saturated carbocycles. The summed E-state index contributed by atoms with van der Waals surface area (Å²) in [4.78, 5) is 0. The molecule has 3 rings (SSSR count). The summed E-state index contributed by atoms with van der Waals surface area (Å²) in [7, 11) is 4.53. The van der Waals surface area contributed by atoms with Crippen LogP contribution < -0.4 is 10.0 Å². The summed E-state index contributed by atoms with van der Waals surface area (Å²) in [5, 5.41) is 1.23. The molecule has 23 heavy (non-hydrogen) atoms. The molecular formula is C20H22BOP. The molecule has 1 unspecified atom stereocenters. The van der Waals surface area contributed by atoms with Crippen molar-refractivity contribution in [3.63, 3.8) is 0 Å². The van der Waals surface area contributed by atoms with Crippen molar-refractivity contribution in [3.8, 4) is 28.0 Å². The zero-order valence-electron chi connectivity index (χ0n) is 12.8. The van der Waals surface area contributed by atoms with Crippen LogP contribution in [0.25, 0.3) is 22.3 Å². The maximum Gasteiger partial charge on any atom is 0.126 e. The van der Waals surface area contributed by atoms with Crippen molar-refractivity contribution in [3.05, 3.63) is 72.3 Å². The predicted molar refractivity (Wildman–Crippen MR) is 108 cm³/mol. The van der Waals surface area contributed by atoms with Crippen LogP contribution >= 0.6 is 9.24 Å². The highest BCUT2D eigenvalue weighted by molar-refractivity contribution is 7.27. The van der Waals surface area contributed by atoms with Crippen molar-refractivity contribution >= 4 is 23.0 Å². The molecule has 0 aliphatic carbocycles. The third kappa shape index (κ3) is 3.49. The summed E-state index contributed by atoms with van der Waals surface area (Å²) >= 11 is 0. The second-order valence-electron chi connectivity index (χ2n) is 5.32. The molecule has 0 amide bonds. The summed E-state index contributed by atoms with van der Waals surface area (Å²) in [6, 6.07) is 23.2. The third-order valence-corrected chi connectivity index (χ3v) is 4.54. The minimum Gasteiger partial charge on any atom is -0.496 e. The molecule has 0 heterocycles. The van der Waals surface area contributed by atoms with Gasteiger partial charge in [-0.15, -0.1) is 9.24 Å². The molecule has 116 valence electrons. The zero-order valence-corrected chi connectivity index (χ0v) is 14.0. The fourth-order valence-corrected chi connectivity index (χ4v) is 2.92. The number of rotatable bonds is 3. The van der Waals surface area contributed by atoms with Crippen LogP contribution in [0, 0.1) is 6.92 Å². The van der Waals surface area contributed by atoms with E-state index in [1.807, 2.05) is 18.2 Å². The van der Waals surface area contributed by atoms with Crippen LogP contribution in [0.3, 0.4) is 0 Å². The third-order valence-electron chi connectivity index (χ3n) is 3.91. The van der Waals surface area contributed by atoms with Crippen LogP contribution in [-0.4, -0.2) is 15.5 Å². The summed E-state index contributed by atoms with van der Waals surface area (Å²) in [6.45, 7) is 2.12. The van der Waals surface area contributed by atoms with Gasteiger partial charge in [0, 0.05) is 5.56 Å². The SMILES string of the molecule is B.COc1ccccc1-c1ccccc1-c1ccc(C)c(P)c1. The first-order chi connectivity index (χ1) is 10.7. The van der Waals surface area contributed by atoms with E-state index in [0.717, 1.165) is 11.3 Å². The molecule has 1 nitrogen and oxygen atoms in total. The van der Waals surface area contributed by atoms with Crippen LogP contribution in [0.15, 0.2) is 66.7 Å². The summed E-state index contributed by atoms with van der Waals surface area (Å²) in [5.41, 5.74) is 6.02. The molecule has 3 aromatic carbocycles. The number of hydrogen-bond donors (Lipinski definition) is 0. The normalized spacial score (nSPS) is 10.0. The Kier molecular flexibility index (Phi) is 5.63. The number of methoxy groups -OCH3 is 1. The van der Waals surface area contributed by atoms with Crippen LogP contribution in [0.2, 0.25) is 0 Å². The van der Waals surface area contributed by atoms with Gasteiger partial charge < -0.3 is 4.74 Å². The smallest absolute Gasteiger partial charge is 0.126 e. The molecule has 0 saturated heterocycles. The van der Waals surface area contributed by atoms with Crippen LogP contribution in [0.5, 0.6) is 5.75 Å². The number of ether oxygens (including phenoxy) is 1. The van der Waals surface area contributed by atoms with E-state index in [1.165, 1.54) is 27.6 Å². The zero-order chi connectivity index (χ0) is 15.5. The van der Waals surface area contributed by atoms with Crippen LogP contribution in [0.1, 0.15) is 5.56 Å². The molecule has 0 fully saturated rings. The number of aryl methyl sites for hydroxylation is 1. The predicted octanol–water partition coefficient (Wildman–Crippen LogP) is 3.65. The lowest BCUT2D eigenvalue weighted by atomic mass is 9.93. The van der Waals surface area contributed by atoms with E-state index in [4.69, 9.17) is 4.74 Å². The van der Waals surface area contributed by atoms with Gasteiger partial charge in [0.1, 0.15) is 5.75 Å². The Morgan fingerprint density at radius 1 is 0.783 bits per heavy atom.